The highest BCUT2D eigenvalue weighted by atomic mass is 35.5. The van der Waals surface area contributed by atoms with E-state index in [1.807, 2.05) is 0 Å². The summed E-state index contributed by atoms with van der Waals surface area (Å²) in [5.74, 6) is 2.60. The fraction of sp³-hybridized carbons (Fsp3) is 0.259. The Kier molecular flexibility index (Phi) is 9.26. The van der Waals surface area contributed by atoms with Crippen LogP contribution in [0, 0.1) is 0 Å². The Balaban J connectivity index is 1.56. The molecule has 11 nitrogen and oxygen atoms in total. The number of ether oxygens (including phenoxy) is 6. The molecule has 0 N–H and O–H groups in total. The standard InChI is InChI=1S/C27H24ClN3O8S3/c1-33-14-8-16(34-2)21-17(9-14)39-23(13-6-18(35-3)24(37-5)19(7-13)36-4)25(22(21)32)38-11-20-30-31-27(42-20)40-12-15-10-29-26(28)41-15/h6-10H,11-12H2,1-5H3. The van der Waals surface area contributed by atoms with Gasteiger partial charge in [0.25, 0.3) is 0 Å². The fourth-order valence-electron chi connectivity index (χ4n) is 4.03. The SMILES string of the molecule is COc1cc(OC)c2c(=O)c(OCc3nnc(SCc4cnc(Cl)s4)s3)c(-c3cc(OC)c(OC)c(OC)c3)oc2c1. The molecule has 3 aromatic heterocycles. The Hall–Kier alpha value is -3.72. The lowest BCUT2D eigenvalue weighted by Gasteiger charge is -2.16. The number of thiazole rings is 1. The van der Waals surface area contributed by atoms with Gasteiger partial charge in [0.15, 0.2) is 31.1 Å². The van der Waals surface area contributed by atoms with E-state index < -0.39 is 5.43 Å². The molecule has 0 atom stereocenters. The Labute approximate surface area is 257 Å². The Morgan fingerprint density at radius 2 is 1.62 bits per heavy atom. The van der Waals surface area contributed by atoms with Gasteiger partial charge in [-0.2, -0.15) is 0 Å². The summed E-state index contributed by atoms with van der Waals surface area (Å²) >= 11 is 10.2. The molecule has 0 aliphatic heterocycles. The van der Waals surface area contributed by atoms with E-state index in [4.69, 9.17) is 44.4 Å². The molecular formula is C27H24ClN3O8S3. The van der Waals surface area contributed by atoms with E-state index in [0.717, 1.165) is 9.22 Å². The van der Waals surface area contributed by atoms with Crippen molar-refractivity contribution in [3.63, 3.8) is 0 Å². The largest absolute Gasteiger partial charge is 0.496 e. The van der Waals surface area contributed by atoms with E-state index in [1.54, 1.807) is 30.5 Å². The minimum absolute atomic E-state index is 0.0310. The second-order valence-electron chi connectivity index (χ2n) is 8.32. The minimum Gasteiger partial charge on any atom is -0.496 e. The number of aromatic nitrogens is 3. The van der Waals surface area contributed by atoms with Crippen LogP contribution in [-0.4, -0.2) is 50.7 Å². The van der Waals surface area contributed by atoms with Gasteiger partial charge >= 0.3 is 0 Å². The van der Waals surface area contributed by atoms with Crippen molar-refractivity contribution in [3.05, 3.63) is 55.0 Å². The van der Waals surface area contributed by atoms with Crippen molar-refractivity contribution < 1.29 is 32.8 Å². The molecule has 0 spiro atoms. The fourth-order valence-corrected chi connectivity index (χ4v) is 6.84. The smallest absolute Gasteiger partial charge is 0.239 e. The monoisotopic (exact) mass is 649 g/mol. The summed E-state index contributed by atoms with van der Waals surface area (Å²) < 4.78 is 41.1. The summed E-state index contributed by atoms with van der Waals surface area (Å²) in [5.41, 5.74) is 0.253. The van der Waals surface area contributed by atoms with E-state index >= 15 is 0 Å². The van der Waals surface area contributed by atoms with Crippen molar-refractivity contribution in [1.82, 2.24) is 15.2 Å². The van der Waals surface area contributed by atoms with Gasteiger partial charge in [0.1, 0.15) is 29.1 Å². The number of nitrogens with zero attached hydrogens (tertiary/aromatic N) is 3. The Bertz CT molecular complexity index is 1760. The first-order valence-corrected chi connectivity index (χ1v) is 15.1. The number of rotatable bonds is 12. The van der Waals surface area contributed by atoms with Crippen LogP contribution in [0.1, 0.15) is 9.88 Å². The summed E-state index contributed by atoms with van der Waals surface area (Å²) in [5, 5.41) is 9.23. The van der Waals surface area contributed by atoms with Crippen LogP contribution in [-0.2, 0) is 12.4 Å². The molecule has 42 heavy (non-hydrogen) atoms. The normalized spacial score (nSPS) is 11.0. The third-order valence-corrected chi connectivity index (χ3v) is 9.30. The van der Waals surface area contributed by atoms with Gasteiger partial charge in [0.05, 0.1) is 35.5 Å². The summed E-state index contributed by atoms with van der Waals surface area (Å²) in [6.07, 6.45) is 1.73. The van der Waals surface area contributed by atoms with E-state index in [0.29, 0.717) is 43.8 Å². The van der Waals surface area contributed by atoms with Gasteiger partial charge < -0.3 is 32.8 Å². The highest BCUT2D eigenvalue weighted by Gasteiger charge is 2.25. The zero-order chi connectivity index (χ0) is 29.8. The maximum absolute atomic E-state index is 14.0. The second kappa shape index (κ2) is 13.1. The first-order valence-electron chi connectivity index (χ1n) is 12.1. The molecule has 5 rings (SSSR count). The summed E-state index contributed by atoms with van der Waals surface area (Å²) in [6, 6.07) is 6.55. The molecule has 2 aromatic carbocycles. The maximum atomic E-state index is 14.0. The van der Waals surface area contributed by atoms with Crippen LogP contribution in [0.15, 0.2) is 44.0 Å². The number of benzene rings is 2. The van der Waals surface area contributed by atoms with E-state index in [1.165, 1.54) is 70.0 Å². The molecular weight excluding hydrogens is 626 g/mol. The van der Waals surface area contributed by atoms with Crippen LogP contribution >= 0.6 is 46.0 Å². The first-order chi connectivity index (χ1) is 20.4. The number of hydrogen-bond acceptors (Lipinski definition) is 14. The number of hydrogen-bond donors (Lipinski definition) is 0. The molecule has 5 aromatic rings. The highest BCUT2D eigenvalue weighted by Crippen LogP contribution is 2.44. The van der Waals surface area contributed by atoms with Crippen LogP contribution in [0.5, 0.6) is 34.5 Å². The Morgan fingerprint density at radius 1 is 0.881 bits per heavy atom. The summed E-state index contributed by atoms with van der Waals surface area (Å²) in [7, 11) is 7.47. The average Bonchev–Trinajstić information content (AvgIpc) is 3.65. The molecule has 0 bridgehead atoms. The lowest BCUT2D eigenvalue weighted by molar-refractivity contribution is 0.295. The predicted molar refractivity (Wildman–Crippen MR) is 162 cm³/mol. The van der Waals surface area contributed by atoms with Gasteiger partial charge in [0, 0.05) is 34.5 Å². The van der Waals surface area contributed by atoms with Gasteiger partial charge in [-0.3, -0.25) is 4.79 Å². The molecule has 0 radical (unpaired) electrons. The molecule has 15 heteroatoms. The van der Waals surface area contributed by atoms with Crippen molar-refractivity contribution in [3.8, 4) is 45.8 Å². The topological polar surface area (TPSA) is 124 Å². The van der Waals surface area contributed by atoms with Crippen LogP contribution in [0.25, 0.3) is 22.3 Å². The zero-order valence-electron chi connectivity index (χ0n) is 23.0. The second-order valence-corrected chi connectivity index (χ2v) is 12.3. The molecule has 0 unspecified atom stereocenters. The third-order valence-electron chi connectivity index (χ3n) is 5.93. The first kappa shape index (κ1) is 29.8. The van der Waals surface area contributed by atoms with E-state index in [-0.39, 0.29) is 34.8 Å². The summed E-state index contributed by atoms with van der Waals surface area (Å²) in [4.78, 5) is 19.1. The Morgan fingerprint density at radius 3 is 2.24 bits per heavy atom. The van der Waals surface area contributed by atoms with Crippen LogP contribution in [0.2, 0.25) is 4.47 Å². The molecule has 220 valence electrons. The van der Waals surface area contributed by atoms with Crippen molar-refractivity contribution in [1.29, 1.82) is 0 Å². The van der Waals surface area contributed by atoms with Gasteiger partial charge in [-0.15, -0.1) is 21.5 Å². The third kappa shape index (κ3) is 6.07. The van der Waals surface area contributed by atoms with Gasteiger partial charge in [-0.1, -0.05) is 34.7 Å². The van der Waals surface area contributed by atoms with Gasteiger partial charge in [-0.25, -0.2) is 4.98 Å². The molecule has 0 saturated heterocycles. The van der Waals surface area contributed by atoms with Crippen molar-refractivity contribution in [2.75, 3.05) is 35.5 Å². The molecule has 0 aliphatic rings. The van der Waals surface area contributed by atoms with E-state index in [9.17, 15) is 4.79 Å². The lowest BCUT2D eigenvalue weighted by atomic mass is 10.1. The highest BCUT2D eigenvalue weighted by molar-refractivity contribution is 8.00. The number of halogens is 1. The quantitative estimate of drug-likeness (QED) is 0.140. The van der Waals surface area contributed by atoms with Gasteiger partial charge in [-0.05, 0) is 12.1 Å². The van der Waals surface area contributed by atoms with E-state index in [2.05, 4.69) is 15.2 Å². The lowest BCUT2D eigenvalue weighted by Crippen LogP contribution is -2.11. The zero-order valence-corrected chi connectivity index (χ0v) is 26.2. The molecule has 3 heterocycles. The van der Waals surface area contributed by atoms with Crippen LogP contribution < -0.4 is 33.8 Å². The minimum atomic E-state index is -0.444. The molecule has 0 fully saturated rings. The van der Waals surface area contributed by atoms with Crippen LogP contribution in [0.4, 0.5) is 0 Å². The summed E-state index contributed by atoms with van der Waals surface area (Å²) in [6.45, 7) is -0.0310. The maximum Gasteiger partial charge on any atom is 0.239 e. The van der Waals surface area contributed by atoms with Crippen molar-refractivity contribution in [2.24, 2.45) is 0 Å². The average molecular weight is 650 g/mol. The van der Waals surface area contributed by atoms with Crippen molar-refractivity contribution in [2.45, 2.75) is 16.7 Å². The van der Waals surface area contributed by atoms with Crippen LogP contribution in [0.3, 0.4) is 0 Å². The predicted octanol–water partition coefficient (Wildman–Crippen LogP) is 6.34. The molecule has 0 saturated carbocycles. The number of methoxy groups -OCH3 is 5. The number of thioether (sulfide) groups is 1. The molecule has 0 aliphatic carbocycles. The molecule has 0 amide bonds. The number of fused-ring (bicyclic) bond motifs is 1. The van der Waals surface area contributed by atoms with Gasteiger partial charge in [0.2, 0.25) is 16.9 Å². The van der Waals surface area contributed by atoms with Crippen molar-refractivity contribution >= 4 is 57.0 Å².